The van der Waals surface area contributed by atoms with E-state index in [1.54, 1.807) is 16.8 Å². The Morgan fingerprint density at radius 3 is 2.75 bits per heavy atom. The number of H-pyrrole nitrogens is 2. The standard InChI is InChI=1S/C17H21N9O2/c27-14-12(20-17(28)22-14)8-10-9-18-26-13(10)21-15(23-16(26)19-11-4-5-11)24-25-6-2-1-3-7-25/h8-9,11,27H,1-7H2,(H,19,23,24)(H2,20,22,28)/b10-8-. The molecule has 1 saturated heterocycles. The second-order valence-corrected chi connectivity index (χ2v) is 7.19. The van der Waals surface area contributed by atoms with Gasteiger partial charge in [0.25, 0.3) is 5.62 Å². The largest absolute Gasteiger partial charge is 0.493 e. The Morgan fingerprint density at radius 2 is 2.04 bits per heavy atom. The van der Waals surface area contributed by atoms with E-state index in [1.807, 2.05) is 0 Å². The minimum atomic E-state index is -0.480. The number of anilines is 1. The smallest absolute Gasteiger partial charge is 0.326 e. The number of aromatic nitrogens is 6. The van der Waals surface area contributed by atoms with Gasteiger partial charge in [0.05, 0.1) is 12.2 Å². The van der Waals surface area contributed by atoms with Gasteiger partial charge in [0.15, 0.2) is 5.65 Å². The lowest BCUT2D eigenvalue weighted by atomic mass is 10.2. The zero-order valence-electron chi connectivity index (χ0n) is 15.2. The molecule has 0 aromatic carbocycles. The van der Waals surface area contributed by atoms with Gasteiger partial charge in [-0.15, -0.1) is 0 Å². The van der Waals surface area contributed by atoms with Crippen molar-refractivity contribution in [2.75, 3.05) is 18.5 Å². The molecule has 3 aromatic heterocycles. The minimum Gasteiger partial charge on any atom is -0.493 e. The molecule has 11 nitrogen and oxygen atoms in total. The number of rotatable bonds is 4. The molecular formula is C17H21N9O2. The van der Waals surface area contributed by atoms with Crippen LogP contribution in [-0.2, 0) is 0 Å². The molecule has 11 heteroatoms. The molecule has 0 radical (unpaired) electrons. The summed E-state index contributed by atoms with van der Waals surface area (Å²) in [6.07, 6.45) is 8.86. The van der Waals surface area contributed by atoms with Crippen molar-refractivity contribution in [2.45, 2.75) is 38.1 Å². The lowest BCUT2D eigenvalue weighted by Crippen LogP contribution is -2.37. The van der Waals surface area contributed by atoms with E-state index >= 15 is 0 Å². The summed E-state index contributed by atoms with van der Waals surface area (Å²) >= 11 is 0. The third-order valence-corrected chi connectivity index (χ3v) is 4.87. The van der Waals surface area contributed by atoms with E-state index in [0.717, 1.165) is 38.8 Å². The maximum atomic E-state index is 11.4. The quantitative estimate of drug-likeness (QED) is 0.466. The number of nitrogens with one attached hydrogen (secondary N) is 3. The Labute approximate surface area is 158 Å². The van der Waals surface area contributed by atoms with Crippen molar-refractivity contribution < 1.29 is 5.11 Å². The normalized spacial score (nSPS) is 19.6. The predicted molar refractivity (Wildman–Crippen MR) is 100 cm³/mol. The van der Waals surface area contributed by atoms with Gasteiger partial charge < -0.3 is 10.1 Å². The molecule has 146 valence electrons. The summed E-state index contributed by atoms with van der Waals surface area (Å²) in [6, 6.07) is 0.280. The van der Waals surface area contributed by atoms with Crippen molar-refractivity contribution in [3.63, 3.8) is 0 Å². The number of aromatic amines is 2. The first-order valence-electron chi connectivity index (χ1n) is 9.50. The number of fused-ring (bicyclic) bond motifs is 1. The molecular weight excluding hydrogens is 362 g/mol. The summed E-state index contributed by atoms with van der Waals surface area (Å²) in [6.45, 7) is 1.89. The number of aromatic hydroxyl groups is 1. The van der Waals surface area contributed by atoms with Gasteiger partial charge in [-0.25, -0.2) is 14.8 Å². The van der Waals surface area contributed by atoms with Crippen molar-refractivity contribution >= 4 is 17.7 Å². The summed E-state index contributed by atoms with van der Waals surface area (Å²) in [7, 11) is 0. The highest BCUT2D eigenvalue weighted by Gasteiger charge is 2.21. The van der Waals surface area contributed by atoms with Crippen LogP contribution in [0.4, 0.5) is 5.95 Å². The number of imidazole rings is 1. The fraction of sp³-hybridized carbons (Fsp3) is 0.471. The summed E-state index contributed by atoms with van der Waals surface area (Å²) in [5.74, 6) is 0.240. The molecule has 0 bridgehead atoms. The van der Waals surface area contributed by atoms with E-state index in [4.69, 9.17) is 0 Å². The van der Waals surface area contributed by atoms with Gasteiger partial charge >= 0.3 is 5.69 Å². The average molecular weight is 383 g/mol. The molecule has 2 fully saturated rings. The molecule has 0 spiro atoms. The van der Waals surface area contributed by atoms with Crippen molar-refractivity contribution in [1.29, 1.82) is 0 Å². The first-order chi connectivity index (χ1) is 13.7. The van der Waals surface area contributed by atoms with Crippen molar-refractivity contribution in [1.82, 2.24) is 34.6 Å². The molecule has 0 unspecified atom stereocenters. The highest BCUT2D eigenvalue weighted by Crippen LogP contribution is 2.22. The number of piperidine rings is 1. The van der Waals surface area contributed by atoms with Crippen LogP contribution in [0, 0.1) is 0 Å². The average Bonchev–Trinajstić information content (AvgIpc) is 3.32. The first kappa shape index (κ1) is 16.9. The monoisotopic (exact) mass is 383 g/mol. The van der Waals surface area contributed by atoms with E-state index in [-0.39, 0.29) is 17.6 Å². The maximum Gasteiger partial charge on any atom is 0.326 e. The summed E-state index contributed by atoms with van der Waals surface area (Å²) in [5.41, 5.74) is 4.12. The van der Waals surface area contributed by atoms with Crippen LogP contribution in [-0.4, -0.2) is 58.8 Å². The van der Waals surface area contributed by atoms with Crippen molar-refractivity contribution in [2.24, 2.45) is 4.99 Å². The highest BCUT2D eigenvalue weighted by molar-refractivity contribution is 5.57. The summed E-state index contributed by atoms with van der Waals surface area (Å²) in [5, 5.41) is 17.0. The Hall–Kier alpha value is -3.21. The number of hydrogen-bond donors (Lipinski definition) is 4. The SMILES string of the molecule is O=c1[nH]c(O)c(/C=c2/cnn3c(=NC4CC4)nc(NN4CCCCC4)nc23)[nH]1. The molecule has 5 rings (SSSR count). The van der Waals surface area contributed by atoms with E-state index in [2.05, 4.69) is 40.5 Å². The van der Waals surface area contributed by atoms with Crippen LogP contribution in [0.2, 0.25) is 0 Å². The van der Waals surface area contributed by atoms with Crippen LogP contribution >= 0.6 is 0 Å². The third kappa shape index (κ3) is 3.36. The van der Waals surface area contributed by atoms with Gasteiger partial charge in [-0.3, -0.25) is 10.4 Å². The first-order valence-corrected chi connectivity index (χ1v) is 9.50. The van der Waals surface area contributed by atoms with E-state index in [0.29, 0.717) is 22.4 Å². The molecule has 4 N–H and O–H groups in total. The molecule has 2 aliphatic rings. The third-order valence-electron chi connectivity index (χ3n) is 4.87. The van der Waals surface area contributed by atoms with Gasteiger partial charge in [0, 0.05) is 18.3 Å². The Bertz CT molecular complexity index is 1180. The van der Waals surface area contributed by atoms with Crippen LogP contribution in [0.3, 0.4) is 0 Å². The van der Waals surface area contributed by atoms with Gasteiger partial charge in [-0.05, 0) is 31.8 Å². The predicted octanol–water partition coefficient (Wildman–Crippen LogP) is -0.730. The van der Waals surface area contributed by atoms with E-state index in [1.165, 1.54) is 6.42 Å². The maximum absolute atomic E-state index is 11.4. The van der Waals surface area contributed by atoms with Crippen molar-refractivity contribution in [3.8, 4) is 5.88 Å². The lowest BCUT2D eigenvalue weighted by molar-refractivity contribution is 0.271. The summed E-state index contributed by atoms with van der Waals surface area (Å²) < 4.78 is 1.59. The second kappa shape index (κ2) is 6.75. The zero-order chi connectivity index (χ0) is 19.1. The summed E-state index contributed by atoms with van der Waals surface area (Å²) in [4.78, 5) is 30.1. The molecule has 28 heavy (non-hydrogen) atoms. The fourth-order valence-electron chi connectivity index (χ4n) is 3.28. The molecule has 0 amide bonds. The number of hydrazine groups is 1. The van der Waals surface area contributed by atoms with Crippen LogP contribution in [0.5, 0.6) is 5.88 Å². The van der Waals surface area contributed by atoms with Gasteiger partial charge in [-0.1, -0.05) is 6.42 Å². The zero-order valence-corrected chi connectivity index (χ0v) is 15.2. The Morgan fingerprint density at radius 1 is 1.21 bits per heavy atom. The Balaban J connectivity index is 1.63. The molecule has 0 atom stereocenters. The van der Waals surface area contributed by atoms with Crippen LogP contribution in [0.15, 0.2) is 16.0 Å². The fourth-order valence-corrected chi connectivity index (χ4v) is 3.28. The van der Waals surface area contributed by atoms with Gasteiger partial charge in [0.2, 0.25) is 11.8 Å². The van der Waals surface area contributed by atoms with Crippen molar-refractivity contribution in [3.05, 3.63) is 33.2 Å². The van der Waals surface area contributed by atoms with Gasteiger partial charge in [-0.2, -0.15) is 19.6 Å². The highest BCUT2D eigenvalue weighted by atomic mass is 16.3. The van der Waals surface area contributed by atoms with Crippen LogP contribution in [0.25, 0.3) is 11.7 Å². The minimum absolute atomic E-state index is 0.229. The topological polar surface area (TPSA) is 140 Å². The molecule has 1 saturated carbocycles. The molecule has 3 aromatic rings. The lowest BCUT2D eigenvalue weighted by Gasteiger charge is -2.26. The van der Waals surface area contributed by atoms with Crippen LogP contribution in [0.1, 0.15) is 37.8 Å². The molecule has 4 heterocycles. The van der Waals surface area contributed by atoms with Crippen LogP contribution < -0.4 is 22.0 Å². The molecule has 1 aliphatic carbocycles. The Kier molecular flexibility index (Phi) is 4.08. The van der Waals surface area contributed by atoms with Gasteiger partial charge in [0.1, 0.15) is 5.69 Å². The second-order valence-electron chi connectivity index (χ2n) is 7.19. The molecule has 1 aliphatic heterocycles. The van der Waals surface area contributed by atoms with E-state index in [9.17, 15) is 9.90 Å². The number of hydrogen-bond acceptors (Lipinski definition) is 8. The van der Waals surface area contributed by atoms with E-state index < -0.39 is 5.69 Å². The number of nitrogens with zero attached hydrogens (tertiary/aromatic N) is 6.